The Hall–Kier alpha value is -1.45. The van der Waals surface area contributed by atoms with Crippen LogP contribution in [-0.4, -0.2) is 14.9 Å². The Morgan fingerprint density at radius 1 is 1.33 bits per heavy atom. The third-order valence-corrected chi connectivity index (χ3v) is 3.58. The highest BCUT2D eigenvalue weighted by molar-refractivity contribution is 6.44. The summed E-state index contributed by atoms with van der Waals surface area (Å²) in [5.74, 6) is -0.0396. The maximum Gasteiger partial charge on any atom is 0.135 e. The van der Waals surface area contributed by atoms with E-state index in [9.17, 15) is 5.11 Å². The van der Waals surface area contributed by atoms with Gasteiger partial charge in [-0.25, -0.2) is 0 Å². The van der Waals surface area contributed by atoms with Crippen LogP contribution in [0.2, 0.25) is 10.0 Å². The van der Waals surface area contributed by atoms with Crippen LogP contribution < -0.4 is 0 Å². The highest BCUT2D eigenvalue weighted by Crippen LogP contribution is 2.38. The first-order valence-corrected chi connectivity index (χ1v) is 6.20. The van der Waals surface area contributed by atoms with Gasteiger partial charge < -0.3 is 5.11 Å². The molecule has 94 valence electrons. The number of phenolic OH excluding ortho intramolecular Hbond substituents is 1. The van der Waals surface area contributed by atoms with E-state index in [0.29, 0.717) is 10.6 Å². The zero-order valence-corrected chi connectivity index (χ0v) is 11.3. The lowest BCUT2D eigenvalue weighted by Crippen LogP contribution is -2.02. The number of halogens is 2. The Labute approximate surface area is 115 Å². The van der Waals surface area contributed by atoms with Crippen LogP contribution in [0.3, 0.4) is 0 Å². The minimum atomic E-state index is -0.0396. The lowest BCUT2D eigenvalue weighted by Gasteiger charge is -2.11. The number of aromatic hydroxyl groups is 1. The number of aromatic nitrogens is 2. The minimum Gasteiger partial charge on any atom is -0.506 e. The van der Waals surface area contributed by atoms with Crippen LogP contribution in [0, 0.1) is 0 Å². The van der Waals surface area contributed by atoms with Crippen LogP contribution in [0.25, 0.3) is 5.57 Å². The molecule has 0 radical (unpaired) electrons. The molecule has 18 heavy (non-hydrogen) atoms. The number of hydrogen-bond acceptors (Lipinski definition) is 2. The highest BCUT2D eigenvalue weighted by atomic mass is 35.5. The average molecular weight is 283 g/mol. The molecule has 0 unspecified atom stereocenters. The van der Waals surface area contributed by atoms with Crippen molar-refractivity contribution in [3.8, 4) is 5.75 Å². The van der Waals surface area contributed by atoms with E-state index in [4.69, 9.17) is 23.2 Å². The van der Waals surface area contributed by atoms with E-state index in [0.717, 1.165) is 17.8 Å². The van der Waals surface area contributed by atoms with Gasteiger partial charge in [-0.15, -0.1) is 0 Å². The third-order valence-electron chi connectivity index (χ3n) is 2.71. The van der Waals surface area contributed by atoms with Crippen molar-refractivity contribution in [1.29, 1.82) is 0 Å². The van der Waals surface area contributed by atoms with Gasteiger partial charge in [0.25, 0.3) is 0 Å². The fourth-order valence-corrected chi connectivity index (χ4v) is 2.19. The molecule has 0 spiro atoms. The van der Waals surface area contributed by atoms with Crippen molar-refractivity contribution < 1.29 is 5.11 Å². The lowest BCUT2D eigenvalue weighted by molar-refractivity contribution is 0.475. The molecule has 0 bridgehead atoms. The maximum atomic E-state index is 9.47. The average Bonchev–Trinajstić information content (AvgIpc) is 2.83. The molecule has 2 rings (SSSR count). The molecule has 0 aliphatic rings. The summed E-state index contributed by atoms with van der Waals surface area (Å²) in [7, 11) is 0. The van der Waals surface area contributed by atoms with Crippen LogP contribution in [0.15, 0.2) is 31.0 Å². The molecule has 0 fully saturated rings. The normalized spacial score (nSPS) is 10.6. The first-order valence-electron chi connectivity index (χ1n) is 5.44. The standard InChI is InChI=1S/C13H12Cl2N2O/c1-3-17-10(6-7-16-17)8(2)9-4-5-11(18)13(15)12(9)14/h4-7,18H,2-3H2,1H3. The predicted molar refractivity (Wildman–Crippen MR) is 74.2 cm³/mol. The van der Waals surface area contributed by atoms with Gasteiger partial charge >= 0.3 is 0 Å². The van der Waals surface area contributed by atoms with Gasteiger partial charge in [-0.05, 0) is 25.1 Å². The van der Waals surface area contributed by atoms with Gasteiger partial charge in [0.1, 0.15) is 10.8 Å². The first kappa shape index (κ1) is 13.0. The number of rotatable bonds is 3. The van der Waals surface area contributed by atoms with Crippen molar-refractivity contribution in [2.24, 2.45) is 0 Å². The second-order valence-corrected chi connectivity index (χ2v) is 4.53. The van der Waals surface area contributed by atoms with Crippen LogP contribution >= 0.6 is 23.2 Å². The molecule has 0 aliphatic heterocycles. The number of phenols is 1. The quantitative estimate of drug-likeness (QED) is 0.925. The predicted octanol–water partition coefficient (Wildman–Crippen LogP) is 3.98. The molecule has 1 aromatic heterocycles. The largest absolute Gasteiger partial charge is 0.506 e. The Morgan fingerprint density at radius 3 is 2.72 bits per heavy atom. The maximum absolute atomic E-state index is 9.47. The monoisotopic (exact) mass is 282 g/mol. The molecule has 3 nitrogen and oxygen atoms in total. The summed E-state index contributed by atoms with van der Waals surface area (Å²) in [4.78, 5) is 0. The van der Waals surface area contributed by atoms with Crippen molar-refractivity contribution in [2.45, 2.75) is 13.5 Å². The van der Waals surface area contributed by atoms with Crippen molar-refractivity contribution in [3.05, 3.63) is 52.3 Å². The van der Waals surface area contributed by atoms with Gasteiger partial charge in [-0.3, -0.25) is 4.68 Å². The summed E-state index contributed by atoms with van der Waals surface area (Å²) in [5.41, 5.74) is 2.29. The number of hydrogen-bond donors (Lipinski definition) is 1. The van der Waals surface area contributed by atoms with E-state index >= 15 is 0 Å². The van der Waals surface area contributed by atoms with Gasteiger partial charge in [0.15, 0.2) is 0 Å². The van der Waals surface area contributed by atoms with E-state index in [1.165, 1.54) is 6.07 Å². The van der Waals surface area contributed by atoms with E-state index in [2.05, 4.69) is 11.7 Å². The molecule has 5 heteroatoms. The SMILES string of the molecule is C=C(c1ccc(O)c(Cl)c1Cl)c1ccnn1CC. The topological polar surface area (TPSA) is 38.1 Å². The molecular weight excluding hydrogens is 271 g/mol. The fraction of sp³-hybridized carbons (Fsp3) is 0.154. The lowest BCUT2D eigenvalue weighted by atomic mass is 10.0. The van der Waals surface area contributed by atoms with E-state index < -0.39 is 0 Å². The number of benzene rings is 1. The van der Waals surface area contributed by atoms with Crippen molar-refractivity contribution in [3.63, 3.8) is 0 Å². The van der Waals surface area contributed by atoms with Crippen LogP contribution in [0.4, 0.5) is 0 Å². The highest BCUT2D eigenvalue weighted by Gasteiger charge is 2.15. The number of nitrogens with zero attached hydrogens (tertiary/aromatic N) is 2. The van der Waals surface area contributed by atoms with Crippen molar-refractivity contribution in [2.75, 3.05) is 0 Å². The Kier molecular flexibility index (Phi) is 3.64. The van der Waals surface area contributed by atoms with Gasteiger partial charge in [0, 0.05) is 23.9 Å². The van der Waals surface area contributed by atoms with Gasteiger partial charge in [0.05, 0.1) is 10.7 Å². The van der Waals surface area contributed by atoms with Crippen molar-refractivity contribution in [1.82, 2.24) is 9.78 Å². The van der Waals surface area contributed by atoms with E-state index in [1.807, 2.05) is 17.7 Å². The fourth-order valence-electron chi connectivity index (χ4n) is 1.75. The molecule has 1 aromatic carbocycles. The molecule has 2 aromatic rings. The summed E-state index contributed by atoms with van der Waals surface area (Å²) in [6, 6.07) is 5.06. The molecule has 1 heterocycles. The smallest absolute Gasteiger partial charge is 0.135 e. The third kappa shape index (κ3) is 2.11. The molecule has 0 saturated heterocycles. The van der Waals surface area contributed by atoms with Gasteiger partial charge in [-0.2, -0.15) is 5.10 Å². The molecule has 0 atom stereocenters. The molecule has 0 aliphatic carbocycles. The zero-order valence-electron chi connectivity index (χ0n) is 9.82. The second-order valence-electron chi connectivity index (χ2n) is 3.77. The summed E-state index contributed by atoms with van der Waals surface area (Å²) in [5, 5.41) is 14.1. The van der Waals surface area contributed by atoms with Crippen LogP contribution in [0.1, 0.15) is 18.2 Å². The molecule has 0 amide bonds. The Bertz CT molecular complexity index is 605. The van der Waals surface area contributed by atoms with E-state index in [1.54, 1.807) is 12.3 Å². The zero-order chi connectivity index (χ0) is 13.3. The first-order chi connectivity index (χ1) is 8.56. The molecule has 0 saturated carbocycles. The Balaban J connectivity index is 2.50. The number of aryl methyl sites for hydroxylation is 1. The van der Waals surface area contributed by atoms with Crippen LogP contribution in [0.5, 0.6) is 5.75 Å². The van der Waals surface area contributed by atoms with Gasteiger partial charge in [0.2, 0.25) is 0 Å². The summed E-state index contributed by atoms with van der Waals surface area (Å²) >= 11 is 12.0. The molecule has 1 N–H and O–H groups in total. The van der Waals surface area contributed by atoms with Crippen molar-refractivity contribution >= 4 is 28.8 Å². The minimum absolute atomic E-state index is 0.0396. The second kappa shape index (κ2) is 5.04. The van der Waals surface area contributed by atoms with Crippen LogP contribution in [-0.2, 0) is 6.54 Å². The summed E-state index contributed by atoms with van der Waals surface area (Å²) in [6.07, 6.45) is 1.71. The Morgan fingerprint density at radius 2 is 2.06 bits per heavy atom. The van der Waals surface area contributed by atoms with Gasteiger partial charge in [-0.1, -0.05) is 29.8 Å². The molecular formula is C13H12Cl2N2O. The summed E-state index contributed by atoms with van der Waals surface area (Å²) < 4.78 is 1.82. The van der Waals surface area contributed by atoms with E-state index in [-0.39, 0.29) is 10.8 Å². The summed E-state index contributed by atoms with van der Waals surface area (Å²) in [6.45, 7) is 6.76.